The van der Waals surface area contributed by atoms with E-state index < -0.39 is 5.82 Å². The Bertz CT molecular complexity index is 1760. The van der Waals surface area contributed by atoms with E-state index in [-0.39, 0.29) is 35.4 Å². The first-order valence-electron chi connectivity index (χ1n) is 14.4. The zero-order valence-corrected chi connectivity index (χ0v) is 24.7. The highest BCUT2D eigenvalue weighted by molar-refractivity contribution is 6.36. The van der Waals surface area contributed by atoms with Gasteiger partial charge >= 0.3 is 6.01 Å². The molecule has 2 atom stereocenters. The fraction of sp³-hybridized carbons (Fsp3) is 0.333. The standard InChI is InChI=1S/C33H32ClFN6O2/c1-3-29(42)41-17-16-40(19-23(41)13-14-36)32-26-11-9-22(25-8-4-6-21-10-12-27(35)31(34)30(21)25)18-28(26)37-33(38-32)43-20-24-7-5-15-39(24)2/h3-4,6,8-12,18,23-24H,1,5,7,13,15-17,19-20H2,2H3. The highest BCUT2D eigenvalue weighted by Gasteiger charge is 2.31. The molecule has 0 spiro atoms. The van der Waals surface area contributed by atoms with E-state index in [2.05, 4.69) is 29.5 Å². The molecule has 220 valence electrons. The molecule has 2 aliphatic rings. The van der Waals surface area contributed by atoms with Crippen LogP contribution in [0.1, 0.15) is 19.3 Å². The molecule has 4 aromatic rings. The van der Waals surface area contributed by atoms with Crippen LogP contribution in [-0.4, -0.2) is 77.6 Å². The van der Waals surface area contributed by atoms with E-state index in [0.29, 0.717) is 43.0 Å². The van der Waals surface area contributed by atoms with Gasteiger partial charge in [-0.15, -0.1) is 0 Å². The number of aromatic nitrogens is 2. The monoisotopic (exact) mass is 598 g/mol. The lowest BCUT2D eigenvalue weighted by atomic mass is 9.97. The lowest BCUT2D eigenvalue weighted by Crippen LogP contribution is -2.55. The van der Waals surface area contributed by atoms with Gasteiger partial charge in [0.1, 0.15) is 18.2 Å². The lowest BCUT2D eigenvalue weighted by Gasteiger charge is -2.41. The van der Waals surface area contributed by atoms with Gasteiger partial charge in [-0.05, 0) is 67.2 Å². The molecule has 0 saturated carbocycles. The quantitative estimate of drug-likeness (QED) is 0.247. The Balaban J connectivity index is 1.43. The second kappa shape index (κ2) is 12.2. The molecule has 2 fully saturated rings. The van der Waals surface area contributed by atoms with Crippen molar-refractivity contribution in [2.45, 2.75) is 31.3 Å². The van der Waals surface area contributed by atoms with Gasteiger partial charge in [0.05, 0.1) is 29.1 Å². The molecule has 2 unspecified atom stereocenters. The van der Waals surface area contributed by atoms with Crippen LogP contribution in [0, 0.1) is 17.1 Å². The number of carbonyl (C=O) groups is 1. The summed E-state index contributed by atoms with van der Waals surface area (Å²) in [5, 5.41) is 11.9. The van der Waals surface area contributed by atoms with Gasteiger partial charge in [-0.3, -0.25) is 4.79 Å². The van der Waals surface area contributed by atoms with Crippen LogP contribution in [-0.2, 0) is 4.79 Å². The third-order valence-corrected chi connectivity index (χ3v) is 8.92. The highest BCUT2D eigenvalue weighted by atomic mass is 35.5. The van der Waals surface area contributed by atoms with Crippen molar-refractivity contribution in [2.24, 2.45) is 0 Å². The number of fused-ring (bicyclic) bond motifs is 2. The summed E-state index contributed by atoms with van der Waals surface area (Å²) in [4.78, 5) is 28.3. The summed E-state index contributed by atoms with van der Waals surface area (Å²) in [5.41, 5.74) is 2.30. The molecular formula is C33H32ClFN6O2. The summed E-state index contributed by atoms with van der Waals surface area (Å²) in [7, 11) is 2.09. The topological polar surface area (TPSA) is 85.6 Å². The molecule has 6 rings (SSSR count). The number of carbonyl (C=O) groups excluding carboxylic acids is 1. The van der Waals surface area contributed by atoms with Gasteiger partial charge in [0, 0.05) is 36.4 Å². The van der Waals surface area contributed by atoms with Crippen molar-refractivity contribution in [2.75, 3.05) is 44.7 Å². The smallest absolute Gasteiger partial charge is 0.319 e. The number of rotatable bonds is 7. The second-order valence-electron chi connectivity index (χ2n) is 11.1. The molecule has 8 nitrogen and oxygen atoms in total. The van der Waals surface area contributed by atoms with Crippen LogP contribution in [0.25, 0.3) is 32.8 Å². The Hall–Kier alpha value is -4.26. The fourth-order valence-electron chi connectivity index (χ4n) is 6.21. The first-order chi connectivity index (χ1) is 20.9. The number of benzene rings is 3. The number of halogens is 2. The van der Waals surface area contributed by atoms with Gasteiger partial charge in [-0.25, -0.2) is 4.39 Å². The Kier molecular flexibility index (Phi) is 8.15. The van der Waals surface area contributed by atoms with Crippen molar-refractivity contribution in [3.63, 3.8) is 0 Å². The average Bonchev–Trinajstić information content (AvgIpc) is 3.44. The maximum Gasteiger partial charge on any atom is 0.319 e. The van der Waals surface area contributed by atoms with E-state index in [1.54, 1.807) is 11.0 Å². The number of hydrogen-bond acceptors (Lipinski definition) is 7. The summed E-state index contributed by atoms with van der Waals surface area (Å²) in [6, 6.07) is 17.2. The van der Waals surface area contributed by atoms with Crippen molar-refractivity contribution >= 4 is 45.0 Å². The van der Waals surface area contributed by atoms with E-state index in [1.807, 2.05) is 36.4 Å². The Morgan fingerprint density at radius 2 is 2.05 bits per heavy atom. The number of piperazine rings is 1. The van der Waals surface area contributed by atoms with Crippen LogP contribution in [0.15, 0.2) is 61.2 Å². The molecule has 0 bridgehead atoms. The SMILES string of the molecule is C=CC(=O)N1CCN(c2nc(OCC3CCCN3C)nc3cc(-c4cccc5ccc(F)c(Cl)c45)ccc23)CC1CC#N. The van der Waals surface area contributed by atoms with Crippen molar-refractivity contribution in [3.05, 3.63) is 72.0 Å². The molecule has 0 N–H and O–H groups in total. The van der Waals surface area contributed by atoms with Crippen molar-refractivity contribution in [1.82, 2.24) is 19.8 Å². The predicted molar refractivity (Wildman–Crippen MR) is 167 cm³/mol. The Labute approximate surface area is 254 Å². The Morgan fingerprint density at radius 1 is 1.19 bits per heavy atom. The van der Waals surface area contributed by atoms with Gasteiger partial charge in [0.2, 0.25) is 5.91 Å². The third-order valence-electron chi connectivity index (χ3n) is 8.55. The fourth-order valence-corrected chi connectivity index (χ4v) is 6.48. The van der Waals surface area contributed by atoms with Crippen LogP contribution in [0.2, 0.25) is 5.02 Å². The molecule has 2 saturated heterocycles. The lowest BCUT2D eigenvalue weighted by molar-refractivity contribution is -0.128. The number of ether oxygens (including phenoxy) is 1. The van der Waals surface area contributed by atoms with Crippen molar-refractivity contribution < 1.29 is 13.9 Å². The molecule has 3 heterocycles. The zero-order valence-electron chi connectivity index (χ0n) is 24.0. The molecule has 2 aliphatic heterocycles. The molecule has 10 heteroatoms. The van der Waals surface area contributed by atoms with Crippen molar-refractivity contribution in [1.29, 1.82) is 5.26 Å². The minimum absolute atomic E-state index is 0.0803. The number of amides is 1. The molecule has 1 aromatic heterocycles. The first-order valence-corrected chi connectivity index (χ1v) is 14.8. The summed E-state index contributed by atoms with van der Waals surface area (Å²) < 4.78 is 20.7. The maximum atomic E-state index is 14.5. The van der Waals surface area contributed by atoms with E-state index in [0.717, 1.165) is 41.3 Å². The number of nitrogens with zero attached hydrogens (tertiary/aromatic N) is 6. The summed E-state index contributed by atoms with van der Waals surface area (Å²) in [6.45, 7) is 6.52. The van der Waals surface area contributed by atoms with Crippen LogP contribution in [0.5, 0.6) is 6.01 Å². The molecule has 43 heavy (non-hydrogen) atoms. The summed E-state index contributed by atoms with van der Waals surface area (Å²) >= 11 is 6.46. The zero-order chi connectivity index (χ0) is 30.1. The van der Waals surface area contributed by atoms with E-state index >= 15 is 0 Å². The van der Waals surface area contributed by atoms with Crippen molar-refractivity contribution in [3.8, 4) is 23.2 Å². The number of anilines is 1. The number of likely N-dealkylation sites (tertiary alicyclic amines) is 1. The number of likely N-dealkylation sites (N-methyl/N-ethyl adjacent to an activating group) is 1. The van der Waals surface area contributed by atoms with Crippen LogP contribution >= 0.6 is 11.6 Å². The molecule has 0 aliphatic carbocycles. The van der Waals surface area contributed by atoms with Gasteiger partial charge in [0.15, 0.2) is 0 Å². The van der Waals surface area contributed by atoms with Crippen LogP contribution in [0.4, 0.5) is 10.2 Å². The molecule has 0 radical (unpaired) electrons. The van der Waals surface area contributed by atoms with Gasteiger partial charge in [-0.2, -0.15) is 15.2 Å². The van der Waals surface area contributed by atoms with Gasteiger partial charge in [-0.1, -0.05) is 48.5 Å². The largest absolute Gasteiger partial charge is 0.462 e. The molecule has 3 aromatic carbocycles. The number of hydrogen-bond donors (Lipinski definition) is 0. The van der Waals surface area contributed by atoms with Gasteiger partial charge < -0.3 is 19.4 Å². The summed E-state index contributed by atoms with van der Waals surface area (Å²) in [6.07, 6.45) is 3.66. The highest BCUT2D eigenvalue weighted by Crippen LogP contribution is 2.38. The van der Waals surface area contributed by atoms with E-state index in [1.165, 1.54) is 12.1 Å². The van der Waals surface area contributed by atoms with E-state index in [9.17, 15) is 14.4 Å². The van der Waals surface area contributed by atoms with E-state index in [4.69, 9.17) is 26.3 Å². The molecule has 1 amide bonds. The number of nitriles is 1. The minimum atomic E-state index is -0.472. The maximum absolute atomic E-state index is 14.5. The van der Waals surface area contributed by atoms with Crippen LogP contribution in [0.3, 0.4) is 0 Å². The summed E-state index contributed by atoms with van der Waals surface area (Å²) in [5.74, 6) is 0.0227. The Morgan fingerprint density at radius 3 is 2.81 bits per heavy atom. The third kappa shape index (κ3) is 5.61. The normalized spacial score (nSPS) is 19.1. The molecular weight excluding hydrogens is 567 g/mol. The average molecular weight is 599 g/mol. The predicted octanol–water partition coefficient (Wildman–Crippen LogP) is 5.83. The van der Waals surface area contributed by atoms with Crippen LogP contribution < -0.4 is 9.64 Å². The first kappa shape index (κ1) is 28.8. The van der Waals surface area contributed by atoms with Gasteiger partial charge in [0.25, 0.3) is 0 Å². The second-order valence-corrected chi connectivity index (χ2v) is 11.5. The minimum Gasteiger partial charge on any atom is -0.462 e.